The number of amides is 1. The maximum Gasteiger partial charge on any atom is 0.294 e. The van der Waals surface area contributed by atoms with Crippen molar-refractivity contribution in [1.82, 2.24) is 0 Å². The highest BCUT2D eigenvalue weighted by atomic mass is 32.2. The fourth-order valence-electron chi connectivity index (χ4n) is 2.97. The normalized spacial score (nSPS) is 10.2. The minimum Gasteiger partial charge on any atom is -0.508 e. The van der Waals surface area contributed by atoms with E-state index >= 15 is 0 Å². The van der Waals surface area contributed by atoms with E-state index in [4.69, 9.17) is 37.3 Å². The minimum atomic E-state index is -4.11. The van der Waals surface area contributed by atoms with Crippen LogP contribution >= 0.6 is 0 Å². The number of methoxy groups -OCH3 is 1. The summed E-state index contributed by atoms with van der Waals surface area (Å²) in [5.41, 5.74) is 26.2. The summed E-state index contributed by atoms with van der Waals surface area (Å²) in [6.45, 7) is 1.86. The number of anilines is 5. The fraction of sp³-hybridized carbons (Fsp3) is 0.0741. The highest BCUT2D eigenvalue weighted by Crippen LogP contribution is 2.27. The van der Waals surface area contributed by atoms with Crippen LogP contribution in [0.25, 0.3) is 0 Å². The highest BCUT2D eigenvalue weighted by molar-refractivity contribution is 7.85. The Morgan fingerprint density at radius 1 is 0.821 bits per heavy atom. The van der Waals surface area contributed by atoms with Crippen LogP contribution in [0.1, 0.15) is 15.9 Å². The van der Waals surface area contributed by atoms with Crippen molar-refractivity contribution in [3.8, 4) is 11.5 Å². The van der Waals surface area contributed by atoms with E-state index in [2.05, 4.69) is 5.32 Å². The van der Waals surface area contributed by atoms with E-state index in [0.29, 0.717) is 39.7 Å². The monoisotopic (exact) mass is 553 g/mol. The van der Waals surface area contributed by atoms with Gasteiger partial charge < -0.3 is 38.1 Å². The standard InChI is InChI=1S/C14H15N3O2.C7H9NO.C6H7NO3S/c1-19-13-8-11(16)6-7-12(13)17-14(18)9-2-4-10(15)5-3-9;1-5-4-6(9)2-3-7(5)8;7-5-2-1-3-6(4-5)11(8,9)10/h2-8H,15-16H2,1H3,(H,17,18);2-4,9H,8H2,1H3;1-4H,7H2,(H,8,9,10). The average Bonchev–Trinajstić information content (AvgIpc) is 2.88. The van der Waals surface area contributed by atoms with Crippen LogP contribution < -0.4 is 33.0 Å². The lowest BCUT2D eigenvalue weighted by Crippen LogP contribution is -2.12. The minimum absolute atomic E-state index is 0.183. The Balaban J connectivity index is 0.000000226. The summed E-state index contributed by atoms with van der Waals surface area (Å²) in [6.07, 6.45) is 0. The average molecular weight is 554 g/mol. The molecule has 0 aliphatic carbocycles. The lowest BCUT2D eigenvalue weighted by molar-refractivity contribution is 0.102. The Hall–Kier alpha value is -4.94. The molecule has 11 N–H and O–H groups in total. The van der Waals surface area contributed by atoms with E-state index in [9.17, 15) is 13.2 Å². The summed E-state index contributed by atoms with van der Waals surface area (Å²) in [5.74, 6) is 0.550. The molecule has 11 nitrogen and oxygen atoms in total. The number of carbonyl (C=O) groups is 1. The molecule has 39 heavy (non-hydrogen) atoms. The molecule has 4 aromatic rings. The molecule has 0 radical (unpaired) electrons. The number of nitrogens with one attached hydrogen (secondary N) is 1. The molecule has 0 saturated heterocycles. The van der Waals surface area contributed by atoms with Crippen molar-refractivity contribution in [3.63, 3.8) is 0 Å². The largest absolute Gasteiger partial charge is 0.508 e. The number of rotatable bonds is 4. The van der Waals surface area contributed by atoms with Crippen LogP contribution in [0, 0.1) is 6.92 Å². The van der Waals surface area contributed by atoms with Gasteiger partial charge in [-0.05, 0) is 85.3 Å². The molecule has 4 aromatic carbocycles. The highest BCUT2D eigenvalue weighted by Gasteiger charge is 2.10. The molecule has 0 heterocycles. The topological polar surface area (TPSA) is 217 Å². The molecule has 0 spiro atoms. The van der Waals surface area contributed by atoms with Crippen LogP contribution in [0.15, 0.2) is 89.8 Å². The number of nitrogen functional groups attached to an aromatic ring is 4. The van der Waals surface area contributed by atoms with Gasteiger partial charge in [-0.3, -0.25) is 9.35 Å². The van der Waals surface area contributed by atoms with Crippen molar-refractivity contribution >= 4 is 44.5 Å². The predicted octanol–water partition coefficient (Wildman–Crippen LogP) is 3.91. The first-order valence-electron chi connectivity index (χ1n) is 11.3. The van der Waals surface area contributed by atoms with E-state index in [1.807, 2.05) is 6.92 Å². The van der Waals surface area contributed by atoms with Crippen LogP contribution in [0.3, 0.4) is 0 Å². The van der Waals surface area contributed by atoms with E-state index in [-0.39, 0.29) is 16.6 Å². The first-order chi connectivity index (χ1) is 18.3. The van der Waals surface area contributed by atoms with Gasteiger partial charge in [0.05, 0.1) is 17.7 Å². The summed E-state index contributed by atoms with van der Waals surface area (Å²) >= 11 is 0. The molecule has 0 saturated carbocycles. The Morgan fingerprint density at radius 2 is 1.44 bits per heavy atom. The van der Waals surface area contributed by atoms with Crippen LogP contribution in [-0.4, -0.2) is 31.1 Å². The summed E-state index contributed by atoms with van der Waals surface area (Å²) in [4.78, 5) is 11.9. The van der Waals surface area contributed by atoms with Crippen molar-refractivity contribution in [3.05, 3.63) is 96.1 Å². The SMILES string of the molecule is COc1cc(N)ccc1NC(=O)c1ccc(N)cc1.Cc1cc(O)ccc1N.Nc1cccc(S(=O)(=O)O)c1. The number of benzene rings is 4. The van der Waals surface area contributed by atoms with Crippen LogP contribution in [-0.2, 0) is 10.1 Å². The van der Waals surface area contributed by atoms with Crippen molar-refractivity contribution in [2.75, 3.05) is 35.4 Å². The molecule has 0 aliphatic rings. The van der Waals surface area contributed by atoms with Gasteiger partial charge in [0.15, 0.2) is 0 Å². The van der Waals surface area contributed by atoms with Crippen LogP contribution in [0.5, 0.6) is 11.5 Å². The number of ether oxygens (including phenoxy) is 1. The van der Waals surface area contributed by atoms with Crippen molar-refractivity contribution < 1.29 is 27.6 Å². The Morgan fingerprint density at radius 3 is 1.95 bits per heavy atom. The van der Waals surface area contributed by atoms with Gasteiger partial charge in [0.2, 0.25) is 0 Å². The maximum atomic E-state index is 12.0. The zero-order valence-corrected chi connectivity index (χ0v) is 22.1. The molecule has 0 aromatic heterocycles. The summed E-state index contributed by atoms with van der Waals surface area (Å²) in [5, 5.41) is 11.6. The van der Waals surface area contributed by atoms with Crippen LogP contribution in [0.4, 0.5) is 28.4 Å². The summed E-state index contributed by atoms with van der Waals surface area (Å²) in [7, 11) is -2.58. The third kappa shape index (κ3) is 9.80. The van der Waals surface area contributed by atoms with Gasteiger partial charge in [-0.25, -0.2) is 0 Å². The second kappa shape index (κ2) is 13.6. The van der Waals surface area contributed by atoms with Crippen molar-refractivity contribution in [1.29, 1.82) is 0 Å². The molecule has 1 amide bonds. The molecule has 0 bridgehead atoms. The van der Waals surface area contributed by atoms with E-state index in [1.165, 1.54) is 31.4 Å². The van der Waals surface area contributed by atoms with Crippen molar-refractivity contribution in [2.45, 2.75) is 11.8 Å². The number of aryl methyl sites for hydroxylation is 1. The Kier molecular flexibility index (Phi) is 10.5. The smallest absolute Gasteiger partial charge is 0.294 e. The molecule has 0 unspecified atom stereocenters. The molecule has 206 valence electrons. The molecule has 4 rings (SSSR count). The molecular weight excluding hydrogens is 522 g/mol. The zero-order valence-electron chi connectivity index (χ0n) is 21.3. The first-order valence-corrected chi connectivity index (χ1v) is 12.7. The summed E-state index contributed by atoms with van der Waals surface area (Å²) < 4.78 is 34.7. The number of hydrogen-bond acceptors (Lipinski definition) is 9. The second-order valence-electron chi connectivity index (χ2n) is 8.12. The molecule has 0 fully saturated rings. The predicted molar refractivity (Wildman–Crippen MR) is 154 cm³/mol. The van der Waals surface area contributed by atoms with E-state index in [1.54, 1.807) is 60.7 Å². The van der Waals surface area contributed by atoms with Gasteiger partial charge >= 0.3 is 0 Å². The maximum absolute atomic E-state index is 12.0. The van der Waals surface area contributed by atoms with Gasteiger partial charge in [-0.2, -0.15) is 8.42 Å². The quantitative estimate of drug-likeness (QED) is 0.110. The van der Waals surface area contributed by atoms with Gasteiger partial charge in [0, 0.05) is 34.4 Å². The lowest BCUT2D eigenvalue weighted by atomic mass is 10.2. The van der Waals surface area contributed by atoms with E-state index in [0.717, 1.165) is 5.56 Å². The summed E-state index contributed by atoms with van der Waals surface area (Å²) in [6, 6.07) is 22.1. The number of phenols is 1. The second-order valence-corrected chi connectivity index (χ2v) is 9.55. The van der Waals surface area contributed by atoms with Gasteiger partial charge in [0.1, 0.15) is 11.5 Å². The van der Waals surface area contributed by atoms with Crippen molar-refractivity contribution in [2.24, 2.45) is 0 Å². The number of hydrogen-bond donors (Lipinski definition) is 7. The number of phenolic OH excluding ortho intramolecular Hbond substituents is 1. The third-order valence-corrected chi connectivity index (χ3v) is 5.91. The third-order valence-electron chi connectivity index (χ3n) is 5.06. The zero-order chi connectivity index (χ0) is 29.2. The van der Waals surface area contributed by atoms with E-state index < -0.39 is 10.1 Å². The van der Waals surface area contributed by atoms with Gasteiger partial charge in [0.25, 0.3) is 16.0 Å². The first kappa shape index (κ1) is 30.3. The fourth-order valence-corrected chi connectivity index (χ4v) is 3.51. The van der Waals surface area contributed by atoms with Gasteiger partial charge in [-0.1, -0.05) is 6.07 Å². The Bertz CT molecular complexity index is 1530. The Labute approximate surface area is 226 Å². The number of nitrogens with two attached hydrogens (primary N) is 4. The molecule has 0 aliphatic heterocycles. The molecular formula is C27H31N5O6S. The lowest BCUT2D eigenvalue weighted by Gasteiger charge is -2.10. The molecule has 12 heteroatoms. The van der Waals surface area contributed by atoms with Gasteiger partial charge in [-0.15, -0.1) is 0 Å². The number of aromatic hydroxyl groups is 1. The van der Waals surface area contributed by atoms with Crippen LogP contribution in [0.2, 0.25) is 0 Å². The molecule has 0 atom stereocenters. The number of carbonyl (C=O) groups excluding carboxylic acids is 1.